The van der Waals surface area contributed by atoms with Crippen molar-refractivity contribution in [1.82, 2.24) is 15.1 Å². The Hall–Kier alpha value is -3.42. The van der Waals surface area contributed by atoms with Crippen molar-refractivity contribution >= 4 is 40.3 Å². The summed E-state index contributed by atoms with van der Waals surface area (Å²) in [7, 11) is 1.65. The van der Waals surface area contributed by atoms with Gasteiger partial charge < -0.3 is 29.3 Å². The van der Waals surface area contributed by atoms with Crippen LogP contribution in [0.25, 0.3) is 0 Å². The molecule has 2 fully saturated rings. The number of anilines is 1. The van der Waals surface area contributed by atoms with E-state index in [2.05, 4.69) is 51.6 Å². The van der Waals surface area contributed by atoms with E-state index >= 15 is 0 Å². The third kappa shape index (κ3) is 9.57. The number of carbonyl (C=O) groups is 2. The molecule has 0 spiro atoms. The number of methoxy groups -OCH3 is 1. The third-order valence-corrected chi connectivity index (χ3v) is 10.1. The molecule has 0 bridgehead atoms. The third-order valence-electron chi connectivity index (χ3n) is 8.69. The summed E-state index contributed by atoms with van der Waals surface area (Å²) in [6, 6.07) is 22.5. The van der Waals surface area contributed by atoms with E-state index in [9.17, 15) is 14.0 Å². The summed E-state index contributed by atoms with van der Waals surface area (Å²) >= 11 is 2.22. The molecule has 2 amide bonds. The molecule has 0 aromatic heterocycles. The number of amides is 2. The Bertz CT molecular complexity index is 1440. The maximum atomic E-state index is 13.6. The van der Waals surface area contributed by atoms with Crippen molar-refractivity contribution in [2.75, 3.05) is 51.3 Å². The number of piperidine rings is 1. The lowest BCUT2D eigenvalue weighted by molar-refractivity contribution is -0.0315. The minimum atomic E-state index is -0.527. The van der Waals surface area contributed by atoms with Gasteiger partial charge in [0.05, 0.1) is 24.2 Å². The van der Waals surface area contributed by atoms with Crippen molar-refractivity contribution in [1.29, 1.82) is 0 Å². The average Bonchev–Trinajstić information content (AvgIpc) is 3.08. The summed E-state index contributed by atoms with van der Waals surface area (Å²) in [5, 5.41) is 3.18. The Morgan fingerprint density at radius 2 is 1.57 bits per heavy atom. The standard InChI is InChI=1S/C36H44FIN4O5/c1-25(2)23-31(34(38)45-3)39-36(44)42-18-17-32(41-21-19-40(20-22-41)28-13-11-27(37)12-14-28)33(24-42)47-35(43)26-9-15-30(16-10-26)46-29-7-5-4-6-8-29/h4-16,25,31-34H,17-24H2,1-3H3,(H,39,44)/t31?,32-,33-,34?/m1/s1. The lowest BCUT2D eigenvalue weighted by Crippen LogP contribution is -2.62. The molecule has 2 saturated heterocycles. The van der Waals surface area contributed by atoms with Crippen molar-refractivity contribution in [3.63, 3.8) is 0 Å². The first-order valence-electron chi connectivity index (χ1n) is 16.2. The summed E-state index contributed by atoms with van der Waals surface area (Å²) in [6.07, 6.45) is 0.920. The zero-order valence-corrected chi connectivity index (χ0v) is 29.3. The second kappa shape index (κ2) is 16.6. The van der Waals surface area contributed by atoms with E-state index in [1.165, 1.54) is 12.1 Å². The van der Waals surface area contributed by atoms with E-state index in [0.717, 1.165) is 38.3 Å². The van der Waals surface area contributed by atoms with Gasteiger partial charge >= 0.3 is 12.0 Å². The molecule has 2 unspecified atom stereocenters. The number of benzene rings is 3. The second-order valence-electron chi connectivity index (χ2n) is 12.5. The minimum Gasteiger partial charge on any atom is -0.457 e. The maximum Gasteiger partial charge on any atom is 0.338 e. The van der Waals surface area contributed by atoms with Crippen molar-refractivity contribution in [3.05, 3.63) is 90.2 Å². The van der Waals surface area contributed by atoms with Gasteiger partial charge in [0.1, 0.15) is 27.5 Å². The van der Waals surface area contributed by atoms with Crippen LogP contribution in [0, 0.1) is 11.7 Å². The Balaban J connectivity index is 1.28. The zero-order chi connectivity index (χ0) is 33.3. The van der Waals surface area contributed by atoms with E-state index in [1.807, 2.05) is 30.3 Å². The number of hydrogen-bond donors (Lipinski definition) is 1. The van der Waals surface area contributed by atoms with Crippen LogP contribution < -0.4 is 15.0 Å². The van der Waals surface area contributed by atoms with Gasteiger partial charge in [-0.15, -0.1) is 0 Å². The van der Waals surface area contributed by atoms with E-state index in [-0.39, 0.29) is 34.6 Å². The number of hydrogen-bond acceptors (Lipinski definition) is 7. The largest absolute Gasteiger partial charge is 0.457 e. The van der Waals surface area contributed by atoms with Crippen molar-refractivity contribution in [2.45, 2.75) is 49.0 Å². The fourth-order valence-corrected chi connectivity index (χ4v) is 6.70. The summed E-state index contributed by atoms with van der Waals surface area (Å²) in [6.45, 7) is 8.11. The van der Waals surface area contributed by atoms with Crippen molar-refractivity contribution in [3.8, 4) is 11.5 Å². The maximum absolute atomic E-state index is 13.6. The lowest BCUT2D eigenvalue weighted by atomic mass is 9.98. The average molecular weight is 759 g/mol. The van der Waals surface area contributed by atoms with Gasteiger partial charge in [0.15, 0.2) is 0 Å². The number of piperazine rings is 1. The molecule has 5 rings (SSSR count). The number of urea groups is 1. The predicted octanol–water partition coefficient (Wildman–Crippen LogP) is 6.57. The van der Waals surface area contributed by atoms with Gasteiger partial charge in [-0.3, -0.25) is 4.90 Å². The fourth-order valence-electron chi connectivity index (χ4n) is 6.23. The van der Waals surface area contributed by atoms with Gasteiger partial charge in [0, 0.05) is 45.5 Å². The Morgan fingerprint density at radius 3 is 2.21 bits per heavy atom. The van der Waals surface area contributed by atoms with E-state index in [4.69, 9.17) is 14.2 Å². The number of nitrogens with one attached hydrogen (secondary N) is 1. The van der Waals surface area contributed by atoms with Gasteiger partial charge in [-0.2, -0.15) is 0 Å². The van der Waals surface area contributed by atoms with Crippen LogP contribution in [0.4, 0.5) is 14.9 Å². The van der Waals surface area contributed by atoms with Gasteiger partial charge in [-0.25, -0.2) is 14.0 Å². The van der Waals surface area contributed by atoms with Crippen molar-refractivity contribution in [2.24, 2.45) is 5.92 Å². The quantitative estimate of drug-likeness (QED) is 0.135. The molecule has 2 aliphatic heterocycles. The molecule has 2 aliphatic rings. The number of likely N-dealkylation sites (tertiary alicyclic amines) is 1. The molecule has 252 valence electrons. The summed E-state index contributed by atoms with van der Waals surface area (Å²) in [5.41, 5.74) is 1.40. The minimum absolute atomic E-state index is 0.0539. The first kappa shape index (κ1) is 34.9. The summed E-state index contributed by atoms with van der Waals surface area (Å²) in [5.74, 6) is 1.01. The molecule has 0 radical (unpaired) electrons. The van der Waals surface area contributed by atoms with Gasteiger partial charge in [0.2, 0.25) is 0 Å². The SMILES string of the molecule is COC(I)C(CC(C)C)NC(=O)N1CC[C@@H](N2CCN(c3ccc(F)cc3)CC2)[C@H](OC(=O)c2ccc(Oc3ccccc3)cc2)C1. The fraction of sp³-hybridized carbons (Fsp3) is 0.444. The molecule has 1 N–H and O–H groups in total. The molecule has 0 aliphatic carbocycles. The summed E-state index contributed by atoms with van der Waals surface area (Å²) in [4.78, 5) is 33.4. The monoisotopic (exact) mass is 758 g/mol. The zero-order valence-electron chi connectivity index (χ0n) is 27.2. The number of carbonyl (C=O) groups excluding carboxylic acids is 2. The first-order chi connectivity index (χ1) is 22.7. The number of halogens is 2. The number of alkyl halides is 1. The molecule has 11 heteroatoms. The molecule has 0 saturated carbocycles. The number of esters is 1. The highest BCUT2D eigenvalue weighted by molar-refractivity contribution is 14.1. The van der Waals surface area contributed by atoms with Crippen LogP contribution in [0.3, 0.4) is 0 Å². The molecular weight excluding hydrogens is 714 g/mol. The topological polar surface area (TPSA) is 83.6 Å². The van der Waals surface area contributed by atoms with Crippen LogP contribution in [0.5, 0.6) is 11.5 Å². The first-order valence-corrected chi connectivity index (χ1v) is 17.5. The Labute approximate surface area is 290 Å². The molecule has 47 heavy (non-hydrogen) atoms. The Kier molecular flexibility index (Phi) is 12.3. The number of rotatable bonds is 11. The highest BCUT2D eigenvalue weighted by Gasteiger charge is 2.39. The van der Waals surface area contributed by atoms with Crippen LogP contribution in [0.1, 0.15) is 37.0 Å². The molecule has 3 aromatic rings. The molecule has 3 aromatic carbocycles. The number of ether oxygens (including phenoxy) is 3. The van der Waals surface area contributed by atoms with Crippen LogP contribution >= 0.6 is 22.6 Å². The number of nitrogens with zero attached hydrogens (tertiary/aromatic N) is 3. The summed E-state index contributed by atoms with van der Waals surface area (Å²) < 4.78 is 31.0. The smallest absolute Gasteiger partial charge is 0.338 e. The van der Waals surface area contributed by atoms with E-state index in [0.29, 0.717) is 35.9 Å². The molecular formula is C36H44FIN4O5. The van der Waals surface area contributed by atoms with Gasteiger partial charge in [-0.05, 0) is 102 Å². The van der Waals surface area contributed by atoms with Crippen LogP contribution in [0.15, 0.2) is 78.9 Å². The van der Waals surface area contributed by atoms with Gasteiger partial charge in [-0.1, -0.05) is 32.0 Å². The van der Waals surface area contributed by atoms with Crippen LogP contribution in [-0.2, 0) is 9.47 Å². The molecule has 4 atom stereocenters. The molecule has 2 heterocycles. The predicted molar refractivity (Wildman–Crippen MR) is 189 cm³/mol. The van der Waals surface area contributed by atoms with Crippen LogP contribution in [-0.4, -0.2) is 90.5 Å². The van der Waals surface area contributed by atoms with E-state index < -0.39 is 12.1 Å². The molecule has 9 nitrogen and oxygen atoms in total. The normalized spacial score (nSPS) is 20.0. The number of para-hydroxylation sites is 1. The lowest BCUT2D eigenvalue weighted by Gasteiger charge is -2.46. The van der Waals surface area contributed by atoms with E-state index in [1.54, 1.807) is 48.4 Å². The highest BCUT2D eigenvalue weighted by Crippen LogP contribution is 2.26. The van der Waals surface area contributed by atoms with Gasteiger partial charge in [0.25, 0.3) is 0 Å². The second-order valence-corrected chi connectivity index (χ2v) is 13.7. The van der Waals surface area contributed by atoms with Crippen LogP contribution in [0.2, 0.25) is 0 Å². The van der Waals surface area contributed by atoms with Crippen molar-refractivity contribution < 1.29 is 28.2 Å². The highest BCUT2D eigenvalue weighted by atomic mass is 127. The Morgan fingerprint density at radius 1 is 0.915 bits per heavy atom.